The normalized spacial score (nSPS) is 12.6. The molecule has 10 heteroatoms. The molecule has 10 aromatic heterocycles. The van der Waals surface area contributed by atoms with E-state index in [0.717, 1.165) is 61.2 Å². The molecule has 1 aliphatic carbocycles. The lowest BCUT2D eigenvalue weighted by molar-refractivity contribution is -0.661. The van der Waals surface area contributed by atoms with Crippen LogP contribution < -0.4 is 22.8 Å². The van der Waals surface area contributed by atoms with Crippen molar-refractivity contribution in [1.29, 1.82) is 0 Å². The van der Waals surface area contributed by atoms with E-state index in [1.165, 1.54) is 257 Å². The fraction of sp³-hybridized carbons (Fsp3) is 0.192. The first-order chi connectivity index (χ1) is 67.8. The van der Waals surface area contributed by atoms with E-state index in [9.17, 15) is 0 Å². The average molecular weight is 1830 g/mol. The van der Waals surface area contributed by atoms with Gasteiger partial charge in [-0.05, 0) is 219 Å². The van der Waals surface area contributed by atoms with Crippen LogP contribution in [0.25, 0.3) is 220 Å². The molecule has 0 atom stereocenters. The monoisotopic (exact) mass is 1830 g/mol. The third-order valence-electron chi connectivity index (χ3n) is 29.9. The van der Waals surface area contributed by atoms with Crippen LogP contribution in [0.15, 0.2) is 344 Å². The highest BCUT2D eigenvalue weighted by Gasteiger charge is 2.31. The van der Waals surface area contributed by atoms with Crippen molar-refractivity contribution in [2.75, 3.05) is 0 Å². The van der Waals surface area contributed by atoms with Crippen LogP contribution in [0.1, 0.15) is 126 Å². The van der Waals surface area contributed by atoms with E-state index in [-0.39, 0.29) is 5.41 Å². The molecule has 688 valence electrons. The molecule has 0 saturated heterocycles. The third-order valence-corrected chi connectivity index (χ3v) is 29.9. The summed E-state index contributed by atoms with van der Waals surface area (Å²) in [6.07, 6.45) is 17.8. The number of fused-ring (bicyclic) bond motifs is 25. The predicted octanol–water partition coefficient (Wildman–Crippen LogP) is 32.6. The van der Waals surface area contributed by atoms with Crippen LogP contribution in [0.2, 0.25) is 0 Å². The number of furan rings is 5. The van der Waals surface area contributed by atoms with Crippen molar-refractivity contribution in [3.63, 3.8) is 0 Å². The van der Waals surface area contributed by atoms with E-state index in [4.69, 9.17) is 22.1 Å². The third kappa shape index (κ3) is 15.6. The van der Waals surface area contributed by atoms with E-state index in [2.05, 4.69) is 470 Å². The minimum Gasteiger partial charge on any atom is -0.454 e. The molecule has 1 fully saturated rings. The van der Waals surface area contributed by atoms with Gasteiger partial charge in [0.15, 0.2) is 31.0 Å². The van der Waals surface area contributed by atoms with Gasteiger partial charge in [-0.1, -0.05) is 240 Å². The van der Waals surface area contributed by atoms with Gasteiger partial charge in [0.25, 0.3) is 0 Å². The topological polar surface area (TPSA) is 85.1 Å². The first kappa shape index (κ1) is 89.6. The zero-order valence-electron chi connectivity index (χ0n) is 83.5. The second kappa shape index (κ2) is 35.7. The van der Waals surface area contributed by atoms with E-state index < -0.39 is 0 Å². The molecule has 1 saturated carbocycles. The second-order valence-electron chi connectivity index (χ2n) is 40.4. The van der Waals surface area contributed by atoms with Gasteiger partial charge in [0.05, 0.1) is 27.8 Å². The average Bonchev–Trinajstić information content (AvgIpc) is 1.61. The summed E-state index contributed by atoms with van der Waals surface area (Å²) in [7, 11) is 10.6. The Morgan fingerprint density at radius 2 is 0.557 bits per heavy atom. The highest BCUT2D eigenvalue weighted by atomic mass is 16.3. The summed E-state index contributed by atoms with van der Waals surface area (Å²) in [5.74, 6) is 0.712. The number of aromatic nitrogens is 5. The first-order valence-electron chi connectivity index (χ1n) is 49.4. The van der Waals surface area contributed by atoms with E-state index in [1.54, 1.807) is 0 Å². The Morgan fingerprint density at radius 3 is 0.957 bits per heavy atom. The Kier molecular flexibility index (Phi) is 22.9. The van der Waals surface area contributed by atoms with Crippen LogP contribution >= 0.6 is 0 Å². The second-order valence-corrected chi connectivity index (χ2v) is 40.4. The molecule has 0 aliphatic heterocycles. The zero-order valence-corrected chi connectivity index (χ0v) is 83.5. The lowest BCUT2D eigenvalue weighted by atomic mass is 9.84. The van der Waals surface area contributed by atoms with Gasteiger partial charge >= 0.3 is 0 Å². The number of hydrogen-bond donors (Lipinski definition) is 0. The number of rotatable bonds is 6. The summed E-state index contributed by atoms with van der Waals surface area (Å²) in [5, 5.41) is 23.8. The molecular formula is C130H118N5O5+5. The molecule has 10 heterocycles. The van der Waals surface area contributed by atoms with Gasteiger partial charge in [0, 0.05) is 139 Å². The van der Waals surface area contributed by atoms with Crippen LogP contribution in [0.5, 0.6) is 0 Å². The van der Waals surface area contributed by atoms with Crippen molar-refractivity contribution >= 4 is 164 Å². The van der Waals surface area contributed by atoms with E-state index in [1.807, 2.05) is 0 Å². The number of nitrogens with zero attached hydrogens (tertiary/aromatic N) is 5. The fourth-order valence-electron chi connectivity index (χ4n) is 22.5. The van der Waals surface area contributed by atoms with Crippen molar-refractivity contribution < 1.29 is 44.9 Å². The summed E-state index contributed by atoms with van der Waals surface area (Å²) in [4.78, 5) is 0. The first-order valence-corrected chi connectivity index (χ1v) is 49.4. The Labute approximate surface area is 816 Å². The van der Waals surface area contributed by atoms with Gasteiger partial charge in [-0.2, -0.15) is 0 Å². The highest BCUT2D eigenvalue weighted by molar-refractivity contribution is 6.23. The molecule has 15 aromatic carbocycles. The standard InChI is InChI=1S/C29H28NO.C27H26NO.2C25H22NO.C24H20NO/c1-19-12-15-25-24-16-13-21-10-6-7-11-23(21)28(24)31-29(25)27(19)26-17-14-22(18-30(26)2)20-8-4-3-5-9-20;1-17-10-13-22-21-14-11-18-8-6-7-9-20(18)25(21)29-26(22)24(17)23-15-12-19(16-28(23)5)27(2,3)4;1-15-9-12-21(26(4)14-15)23-17(3)13-16(2)22-20-11-10-18-7-5-6-8-19(18)24(20)27-25(22)23;1-15-9-11-21-20-12-10-18-7-5-6-8-19(18)24(20)27-25(21)23(15)22-13-16(2)17(3)14-26(22)4;1-15-14-16(2)22(20-10-6-7-13-25(20)3)24-21(15)19-12-11-17-8-4-5-9-18(17)23(19)26-24/h6-7,10-18,20H,3-5,8-9H2,1-2H3;6-16H,1-5H3;2*5-14H,1-4H3;4-14H,1-3H3/q5*+1. The fourth-order valence-corrected chi connectivity index (χ4v) is 22.5. The molecule has 0 bridgehead atoms. The van der Waals surface area contributed by atoms with Gasteiger partial charge in [-0.15, -0.1) is 0 Å². The lowest BCUT2D eigenvalue weighted by Gasteiger charge is -2.21. The molecule has 0 N–H and O–H groups in total. The minimum atomic E-state index is 0.121. The molecule has 0 radical (unpaired) electrons. The molecule has 140 heavy (non-hydrogen) atoms. The summed E-state index contributed by atoms with van der Waals surface area (Å²) in [5.41, 5.74) is 37.1. The number of aryl methyl sites for hydroxylation is 15. The molecule has 26 rings (SSSR count). The van der Waals surface area contributed by atoms with E-state index in [0.29, 0.717) is 5.92 Å². The van der Waals surface area contributed by atoms with Gasteiger partial charge in [0.1, 0.15) is 91.1 Å². The minimum absolute atomic E-state index is 0.121. The van der Waals surface area contributed by atoms with Crippen molar-refractivity contribution in [2.24, 2.45) is 35.2 Å². The lowest BCUT2D eigenvalue weighted by Crippen LogP contribution is -2.33. The van der Waals surface area contributed by atoms with E-state index >= 15 is 0 Å². The Hall–Kier alpha value is -15.7. The quantitative estimate of drug-likeness (QED) is 0.155. The van der Waals surface area contributed by atoms with Crippen LogP contribution in [-0.2, 0) is 40.7 Å². The molecular weight excluding hydrogens is 1710 g/mol. The molecule has 25 aromatic rings. The molecule has 0 spiro atoms. The Balaban J connectivity index is 0.000000101. The molecule has 1 aliphatic rings. The predicted molar refractivity (Wildman–Crippen MR) is 581 cm³/mol. The summed E-state index contributed by atoms with van der Waals surface area (Å²) in [6, 6.07) is 104. The van der Waals surface area contributed by atoms with Crippen LogP contribution in [0.4, 0.5) is 0 Å². The number of pyridine rings is 5. The molecule has 0 unspecified atom stereocenters. The number of hydrogen-bond acceptors (Lipinski definition) is 5. The Morgan fingerprint density at radius 1 is 0.229 bits per heavy atom. The molecule has 0 amide bonds. The van der Waals surface area contributed by atoms with Gasteiger partial charge in [-0.25, -0.2) is 22.8 Å². The largest absolute Gasteiger partial charge is 0.454 e. The number of benzene rings is 15. The van der Waals surface area contributed by atoms with Crippen LogP contribution in [0.3, 0.4) is 0 Å². The summed E-state index contributed by atoms with van der Waals surface area (Å²) < 4.78 is 44.0. The van der Waals surface area contributed by atoms with Crippen molar-refractivity contribution in [3.8, 4) is 56.3 Å². The summed E-state index contributed by atoms with van der Waals surface area (Å²) in [6.45, 7) is 28.4. The SMILES string of the molecule is Cc1cc(-c2c(C)ccc3c2oc2c4ccccc4ccc32)[n+](C)cc1C.Cc1cc(C)c2c(oc3c4ccccc4ccc32)c1-c1cccc[n+]1C.Cc1ccc(-c2c(C)cc(C)c3c2oc2c4ccccc4ccc23)[n+](C)c1.Cc1ccc2c(oc3c4ccccc4ccc23)c1-c1ccc(C(C)(C)C)c[n+]1C.Cc1ccc2c(oc3c4ccccc4ccc23)c1-c1ccc(C2CCCCC2)c[n+]1C. The van der Waals surface area contributed by atoms with Crippen molar-refractivity contribution in [1.82, 2.24) is 0 Å². The maximum atomic E-state index is 6.62. The highest BCUT2D eigenvalue weighted by Crippen LogP contribution is 2.48. The smallest absolute Gasteiger partial charge is 0.216 e. The zero-order chi connectivity index (χ0) is 96.5. The van der Waals surface area contributed by atoms with Crippen molar-refractivity contribution in [3.05, 3.63) is 389 Å². The Bertz CT molecular complexity index is 9360. The summed E-state index contributed by atoms with van der Waals surface area (Å²) >= 11 is 0. The maximum absolute atomic E-state index is 6.62. The maximum Gasteiger partial charge on any atom is 0.216 e. The van der Waals surface area contributed by atoms with Gasteiger partial charge in [-0.3, -0.25) is 0 Å². The van der Waals surface area contributed by atoms with Crippen molar-refractivity contribution in [2.45, 2.75) is 133 Å². The van der Waals surface area contributed by atoms with Crippen LogP contribution in [0, 0.1) is 69.2 Å². The molecule has 10 nitrogen and oxygen atoms in total. The van der Waals surface area contributed by atoms with Gasteiger partial charge < -0.3 is 22.1 Å². The van der Waals surface area contributed by atoms with Gasteiger partial charge in [0.2, 0.25) is 28.5 Å². The van der Waals surface area contributed by atoms with Crippen LogP contribution in [-0.4, -0.2) is 0 Å².